The number of hydrogen-bond donors (Lipinski definition) is 3. The molecular formula is C10H20O4S2. The average molecular weight is 268 g/mol. The Labute approximate surface area is 108 Å². The molecule has 0 amide bonds. The zero-order valence-electron chi connectivity index (χ0n) is 9.68. The molecule has 0 aliphatic rings. The molecule has 6 heteroatoms. The SMILES string of the molecule is CCCC(S)C(=O)O.CCCOC(=O)CS. The number of carboxylic acid groups (broad SMARTS) is 1. The zero-order chi connectivity index (χ0) is 13.0. The van der Waals surface area contributed by atoms with E-state index in [1.54, 1.807) is 0 Å². The van der Waals surface area contributed by atoms with Crippen LogP contribution < -0.4 is 0 Å². The third-order valence-electron chi connectivity index (χ3n) is 1.44. The van der Waals surface area contributed by atoms with E-state index in [9.17, 15) is 9.59 Å². The Morgan fingerprint density at radius 1 is 1.31 bits per heavy atom. The molecule has 0 aliphatic heterocycles. The molecule has 1 atom stereocenters. The number of carbonyl (C=O) groups is 2. The summed E-state index contributed by atoms with van der Waals surface area (Å²) in [6.07, 6.45) is 2.40. The third kappa shape index (κ3) is 13.6. The predicted octanol–water partition coefficient (Wildman–Crippen LogP) is 2.04. The Morgan fingerprint density at radius 2 is 1.88 bits per heavy atom. The van der Waals surface area contributed by atoms with Crippen molar-refractivity contribution in [2.75, 3.05) is 12.4 Å². The summed E-state index contributed by atoms with van der Waals surface area (Å²) in [6, 6.07) is 0. The van der Waals surface area contributed by atoms with Gasteiger partial charge in [-0.25, -0.2) is 0 Å². The van der Waals surface area contributed by atoms with E-state index < -0.39 is 11.2 Å². The number of rotatable bonds is 6. The number of carboxylic acids is 1. The van der Waals surface area contributed by atoms with Crippen LogP contribution in [-0.4, -0.2) is 34.7 Å². The first-order valence-corrected chi connectivity index (χ1v) is 6.31. The van der Waals surface area contributed by atoms with Crippen LogP contribution in [0.5, 0.6) is 0 Å². The van der Waals surface area contributed by atoms with Gasteiger partial charge in [0.25, 0.3) is 0 Å². The molecule has 1 N–H and O–H groups in total. The lowest BCUT2D eigenvalue weighted by atomic mass is 10.2. The van der Waals surface area contributed by atoms with Crippen LogP contribution >= 0.6 is 25.3 Å². The number of ether oxygens (including phenoxy) is 1. The maximum absolute atomic E-state index is 10.3. The topological polar surface area (TPSA) is 63.6 Å². The molecule has 16 heavy (non-hydrogen) atoms. The van der Waals surface area contributed by atoms with Gasteiger partial charge in [-0.2, -0.15) is 25.3 Å². The highest BCUT2D eigenvalue weighted by Gasteiger charge is 2.08. The molecule has 0 saturated carbocycles. The van der Waals surface area contributed by atoms with Gasteiger partial charge in [0.05, 0.1) is 17.6 Å². The van der Waals surface area contributed by atoms with E-state index in [1.165, 1.54) is 0 Å². The molecule has 0 heterocycles. The summed E-state index contributed by atoms with van der Waals surface area (Å²) < 4.78 is 4.62. The van der Waals surface area contributed by atoms with E-state index in [0.717, 1.165) is 12.8 Å². The maximum Gasteiger partial charge on any atom is 0.316 e. The first kappa shape index (κ1) is 18.0. The molecular weight excluding hydrogens is 248 g/mol. The van der Waals surface area contributed by atoms with Crippen molar-refractivity contribution in [3.8, 4) is 0 Å². The van der Waals surface area contributed by atoms with Gasteiger partial charge in [0.1, 0.15) is 0 Å². The Hall–Kier alpha value is -0.360. The minimum Gasteiger partial charge on any atom is -0.480 e. The van der Waals surface area contributed by atoms with Crippen LogP contribution in [0.3, 0.4) is 0 Å². The second kappa shape index (κ2) is 12.7. The molecule has 0 spiro atoms. The van der Waals surface area contributed by atoms with Gasteiger partial charge in [0.2, 0.25) is 0 Å². The van der Waals surface area contributed by atoms with Crippen LogP contribution in [0.4, 0.5) is 0 Å². The van der Waals surface area contributed by atoms with Crippen molar-refractivity contribution in [3.63, 3.8) is 0 Å². The predicted molar refractivity (Wildman–Crippen MR) is 70.4 cm³/mol. The number of carbonyl (C=O) groups excluding carboxylic acids is 1. The molecule has 0 radical (unpaired) electrons. The molecule has 1 unspecified atom stereocenters. The normalized spacial score (nSPS) is 11.0. The van der Waals surface area contributed by atoms with Gasteiger partial charge < -0.3 is 9.84 Å². The van der Waals surface area contributed by atoms with Gasteiger partial charge in [0.15, 0.2) is 0 Å². The highest BCUT2D eigenvalue weighted by atomic mass is 32.1. The second-order valence-electron chi connectivity index (χ2n) is 3.02. The summed E-state index contributed by atoms with van der Waals surface area (Å²) in [6.45, 7) is 4.40. The summed E-state index contributed by atoms with van der Waals surface area (Å²) in [5.74, 6) is -0.884. The van der Waals surface area contributed by atoms with E-state index in [1.807, 2.05) is 13.8 Å². The molecule has 4 nitrogen and oxygen atoms in total. The highest BCUT2D eigenvalue weighted by Crippen LogP contribution is 2.02. The summed E-state index contributed by atoms with van der Waals surface area (Å²) in [4.78, 5) is 20.3. The Morgan fingerprint density at radius 3 is 2.12 bits per heavy atom. The number of esters is 1. The van der Waals surface area contributed by atoms with Crippen LogP contribution in [0.25, 0.3) is 0 Å². The summed E-state index contributed by atoms with van der Waals surface area (Å²) in [7, 11) is 0. The fourth-order valence-electron chi connectivity index (χ4n) is 0.658. The first-order chi connectivity index (χ1) is 7.49. The van der Waals surface area contributed by atoms with Crippen molar-refractivity contribution in [1.29, 1.82) is 0 Å². The Bertz CT molecular complexity index is 195. The zero-order valence-corrected chi connectivity index (χ0v) is 11.5. The monoisotopic (exact) mass is 268 g/mol. The van der Waals surface area contributed by atoms with Gasteiger partial charge in [-0.3, -0.25) is 9.59 Å². The van der Waals surface area contributed by atoms with Crippen molar-refractivity contribution >= 4 is 37.2 Å². The quantitative estimate of drug-likeness (QED) is 0.509. The lowest BCUT2D eigenvalue weighted by Gasteiger charge is -1.99. The van der Waals surface area contributed by atoms with E-state index in [-0.39, 0.29) is 11.7 Å². The van der Waals surface area contributed by atoms with Crippen molar-refractivity contribution < 1.29 is 19.4 Å². The molecule has 0 aliphatic carbocycles. The first-order valence-electron chi connectivity index (χ1n) is 5.16. The molecule has 0 rings (SSSR count). The fourth-order valence-corrected chi connectivity index (χ4v) is 1.01. The molecule has 96 valence electrons. The van der Waals surface area contributed by atoms with Crippen LogP contribution in [0.15, 0.2) is 0 Å². The van der Waals surface area contributed by atoms with Crippen molar-refractivity contribution in [1.82, 2.24) is 0 Å². The Kier molecular flexibility index (Phi) is 14.3. The van der Waals surface area contributed by atoms with E-state index in [2.05, 4.69) is 30.0 Å². The van der Waals surface area contributed by atoms with Gasteiger partial charge in [0, 0.05) is 0 Å². The summed E-state index contributed by atoms with van der Waals surface area (Å²) in [5.41, 5.74) is 0. The lowest BCUT2D eigenvalue weighted by molar-refractivity contribution is -0.140. The number of hydrogen-bond acceptors (Lipinski definition) is 5. The lowest BCUT2D eigenvalue weighted by Crippen LogP contribution is -2.12. The standard InChI is InChI=1S/2C5H10O2S/c1-2-3-7-5(6)4-8;1-2-3-4(8)5(6)7/h8H,2-4H2,1H3;4,8H,2-3H2,1H3,(H,6,7). The molecule has 0 aromatic carbocycles. The smallest absolute Gasteiger partial charge is 0.316 e. The average Bonchev–Trinajstić information content (AvgIpc) is 2.27. The van der Waals surface area contributed by atoms with Gasteiger partial charge >= 0.3 is 11.9 Å². The van der Waals surface area contributed by atoms with Crippen LogP contribution in [-0.2, 0) is 14.3 Å². The van der Waals surface area contributed by atoms with E-state index in [0.29, 0.717) is 13.0 Å². The minimum absolute atomic E-state index is 0.181. The third-order valence-corrected chi connectivity index (χ3v) is 2.18. The second-order valence-corrected chi connectivity index (χ2v) is 3.96. The molecule has 0 aromatic rings. The largest absolute Gasteiger partial charge is 0.480 e. The van der Waals surface area contributed by atoms with Crippen molar-refractivity contribution in [3.05, 3.63) is 0 Å². The summed E-state index contributed by atoms with van der Waals surface area (Å²) >= 11 is 7.52. The number of aliphatic carboxylic acids is 1. The van der Waals surface area contributed by atoms with Gasteiger partial charge in [-0.15, -0.1) is 0 Å². The fraction of sp³-hybridized carbons (Fsp3) is 0.800. The van der Waals surface area contributed by atoms with E-state index >= 15 is 0 Å². The Balaban J connectivity index is 0. The highest BCUT2D eigenvalue weighted by molar-refractivity contribution is 7.81. The van der Waals surface area contributed by atoms with Gasteiger partial charge in [-0.1, -0.05) is 20.3 Å². The van der Waals surface area contributed by atoms with Crippen LogP contribution in [0.2, 0.25) is 0 Å². The molecule has 0 fully saturated rings. The van der Waals surface area contributed by atoms with Crippen LogP contribution in [0.1, 0.15) is 33.1 Å². The molecule has 0 saturated heterocycles. The molecule has 0 aromatic heterocycles. The maximum atomic E-state index is 10.3. The molecule has 0 bridgehead atoms. The van der Waals surface area contributed by atoms with Gasteiger partial charge in [-0.05, 0) is 12.8 Å². The van der Waals surface area contributed by atoms with E-state index in [4.69, 9.17) is 5.11 Å². The van der Waals surface area contributed by atoms with Crippen LogP contribution in [0, 0.1) is 0 Å². The summed E-state index contributed by atoms with van der Waals surface area (Å²) in [5, 5.41) is 7.76. The van der Waals surface area contributed by atoms with Crippen molar-refractivity contribution in [2.45, 2.75) is 38.4 Å². The number of thiol groups is 2. The van der Waals surface area contributed by atoms with Crippen molar-refractivity contribution in [2.24, 2.45) is 0 Å². The minimum atomic E-state index is -0.824.